The van der Waals surface area contributed by atoms with Crippen LogP contribution < -0.4 is 5.32 Å². The van der Waals surface area contributed by atoms with Crippen molar-refractivity contribution in [3.63, 3.8) is 0 Å². The summed E-state index contributed by atoms with van der Waals surface area (Å²) in [5.74, 6) is 1.03. The van der Waals surface area contributed by atoms with E-state index in [9.17, 15) is 9.59 Å². The number of hydrogen-bond acceptors (Lipinski definition) is 3. The monoisotopic (exact) mass is 429 g/mol. The third-order valence-electron chi connectivity index (χ3n) is 5.62. The van der Waals surface area contributed by atoms with Gasteiger partial charge >= 0.3 is 6.03 Å². The van der Waals surface area contributed by atoms with Crippen LogP contribution in [0.2, 0.25) is 5.02 Å². The number of nitrogens with zero attached hydrogens (tertiary/aromatic N) is 2. The van der Waals surface area contributed by atoms with E-state index in [1.54, 1.807) is 24.3 Å². The summed E-state index contributed by atoms with van der Waals surface area (Å²) in [4.78, 5) is 29.4. The number of thioether (sulfide) groups is 1. The standard InChI is InChI=1S/C22H24ClN3O2S/c1-16-3-2-4-17(15-16)20(27)26-13-14-29-22(26)9-11-25(12-10-22)21(28)24-19-7-5-18(23)6-8-19/h2-8,15H,9-14H2,1H3,(H,24,28). The van der Waals surface area contributed by atoms with Crippen LogP contribution in [0.15, 0.2) is 48.5 Å². The number of amides is 3. The molecule has 29 heavy (non-hydrogen) atoms. The predicted octanol–water partition coefficient (Wildman–Crippen LogP) is 4.86. The number of anilines is 1. The molecule has 1 N–H and O–H groups in total. The minimum absolute atomic E-state index is 0.0952. The molecule has 0 unspecified atom stereocenters. The number of nitrogens with one attached hydrogen (secondary N) is 1. The van der Waals surface area contributed by atoms with Crippen LogP contribution in [0.1, 0.15) is 28.8 Å². The number of carbonyl (C=O) groups is 2. The van der Waals surface area contributed by atoms with Gasteiger partial charge in [-0.3, -0.25) is 4.79 Å². The van der Waals surface area contributed by atoms with Crippen molar-refractivity contribution in [2.24, 2.45) is 0 Å². The van der Waals surface area contributed by atoms with Gasteiger partial charge in [0.1, 0.15) is 0 Å². The van der Waals surface area contributed by atoms with Crippen LogP contribution in [0.4, 0.5) is 10.5 Å². The third kappa shape index (κ3) is 4.23. The van der Waals surface area contributed by atoms with Crippen molar-refractivity contribution in [1.82, 2.24) is 9.80 Å². The summed E-state index contributed by atoms with van der Waals surface area (Å²) in [5.41, 5.74) is 2.56. The number of urea groups is 1. The van der Waals surface area contributed by atoms with Gasteiger partial charge in [-0.2, -0.15) is 0 Å². The Morgan fingerprint density at radius 2 is 1.79 bits per heavy atom. The highest BCUT2D eigenvalue weighted by molar-refractivity contribution is 8.00. The van der Waals surface area contributed by atoms with Gasteiger partial charge in [0.15, 0.2) is 0 Å². The van der Waals surface area contributed by atoms with E-state index in [2.05, 4.69) is 5.32 Å². The Morgan fingerprint density at radius 1 is 1.07 bits per heavy atom. The molecule has 2 saturated heterocycles. The van der Waals surface area contributed by atoms with Gasteiger partial charge in [0.2, 0.25) is 0 Å². The molecule has 3 amide bonds. The molecular weight excluding hydrogens is 406 g/mol. The lowest BCUT2D eigenvalue weighted by atomic mass is 10.0. The van der Waals surface area contributed by atoms with Crippen LogP contribution in [0.25, 0.3) is 0 Å². The summed E-state index contributed by atoms with van der Waals surface area (Å²) < 4.78 is 0. The molecule has 0 aliphatic carbocycles. The molecule has 0 atom stereocenters. The Bertz CT molecular complexity index is 911. The average molecular weight is 430 g/mol. The second kappa shape index (κ2) is 8.28. The summed E-state index contributed by atoms with van der Waals surface area (Å²) in [6.07, 6.45) is 1.56. The van der Waals surface area contributed by atoms with Gasteiger partial charge in [-0.05, 0) is 56.2 Å². The zero-order valence-electron chi connectivity index (χ0n) is 16.4. The Morgan fingerprint density at radius 3 is 2.48 bits per heavy atom. The van der Waals surface area contributed by atoms with Crippen LogP contribution in [-0.2, 0) is 0 Å². The molecule has 7 heteroatoms. The fourth-order valence-corrected chi connectivity index (χ4v) is 5.62. The van der Waals surface area contributed by atoms with Crippen molar-refractivity contribution in [2.75, 3.05) is 30.7 Å². The molecule has 5 nitrogen and oxygen atoms in total. The maximum atomic E-state index is 13.2. The number of aryl methyl sites for hydroxylation is 1. The van der Waals surface area contributed by atoms with Crippen LogP contribution in [0.5, 0.6) is 0 Å². The first-order valence-electron chi connectivity index (χ1n) is 9.81. The number of rotatable bonds is 2. The molecule has 0 aromatic heterocycles. The number of halogens is 1. The van der Waals surface area contributed by atoms with E-state index in [1.165, 1.54) is 0 Å². The minimum atomic E-state index is -0.210. The highest BCUT2D eigenvalue weighted by Crippen LogP contribution is 2.44. The van der Waals surface area contributed by atoms with Gasteiger partial charge in [0.05, 0.1) is 4.87 Å². The Labute approximate surface area is 180 Å². The maximum Gasteiger partial charge on any atom is 0.321 e. The van der Waals surface area contributed by atoms with Gasteiger partial charge < -0.3 is 15.1 Å². The molecule has 0 bridgehead atoms. The molecule has 2 heterocycles. The average Bonchev–Trinajstić information content (AvgIpc) is 3.12. The maximum absolute atomic E-state index is 13.2. The molecule has 2 fully saturated rings. The van der Waals surface area contributed by atoms with Gasteiger partial charge in [-0.25, -0.2) is 4.79 Å². The lowest BCUT2D eigenvalue weighted by Crippen LogP contribution is -2.54. The SMILES string of the molecule is Cc1cccc(C(=O)N2CCSC23CCN(C(=O)Nc2ccc(Cl)cc2)CC3)c1. The van der Waals surface area contributed by atoms with E-state index < -0.39 is 0 Å². The summed E-state index contributed by atoms with van der Waals surface area (Å²) in [7, 11) is 0. The molecule has 1 spiro atoms. The van der Waals surface area contributed by atoms with Crippen LogP contribution in [0, 0.1) is 6.92 Å². The third-order valence-corrected chi connectivity index (χ3v) is 7.42. The van der Waals surface area contributed by atoms with E-state index in [0.717, 1.165) is 42.0 Å². The molecule has 2 aliphatic heterocycles. The lowest BCUT2D eigenvalue weighted by molar-refractivity contribution is 0.0585. The second-order valence-corrected chi connectivity index (χ2v) is 9.44. The van der Waals surface area contributed by atoms with Gasteiger partial charge in [0.25, 0.3) is 5.91 Å². The quantitative estimate of drug-likeness (QED) is 0.741. The van der Waals surface area contributed by atoms with E-state index in [4.69, 9.17) is 11.6 Å². The van der Waals surface area contributed by atoms with E-state index >= 15 is 0 Å². The fraction of sp³-hybridized carbons (Fsp3) is 0.364. The predicted molar refractivity (Wildman–Crippen MR) is 119 cm³/mol. The van der Waals surface area contributed by atoms with Crippen molar-refractivity contribution >= 4 is 41.0 Å². The van der Waals surface area contributed by atoms with Crippen molar-refractivity contribution < 1.29 is 9.59 Å². The number of likely N-dealkylation sites (tertiary alicyclic amines) is 1. The molecule has 2 aromatic rings. The first-order valence-corrected chi connectivity index (χ1v) is 11.2. The summed E-state index contributed by atoms with van der Waals surface area (Å²) in [6.45, 7) is 4.02. The van der Waals surface area contributed by atoms with Crippen molar-refractivity contribution in [3.05, 3.63) is 64.7 Å². The Balaban J connectivity index is 1.41. The zero-order valence-corrected chi connectivity index (χ0v) is 17.9. The smallest absolute Gasteiger partial charge is 0.321 e. The number of benzene rings is 2. The summed E-state index contributed by atoms with van der Waals surface area (Å²) >= 11 is 7.75. The Kier molecular flexibility index (Phi) is 5.74. The van der Waals surface area contributed by atoms with Crippen LogP contribution in [-0.4, -0.2) is 52.0 Å². The fourth-order valence-electron chi connectivity index (χ4n) is 4.04. The molecule has 4 rings (SSSR count). The minimum Gasteiger partial charge on any atom is -0.324 e. The molecule has 0 saturated carbocycles. The van der Waals surface area contributed by atoms with Gasteiger partial charge in [0, 0.05) is 41.7 Å². The first kappa shape index (κ1) is 20.1. The number of hydrogen-bond donors (Lipinski definition) is 1. The molecule has 152 valence electrons. The first-order chi connectivity index (χ1) is 14.0. The van der Waals surface area contributed by atoms with Crippen LogP contribution in [0.3, 0.4) is 0 Å². The number of piperidine rings is 1. The van der Waals surface area contributed by atoms with E-state index in [-0.39, 0.29) is 16.8 Å². The highest BCUT2D eigenvalue weighted by atomic mass is 35.5. The van der Waals surface area contributed by atoms with Gasteiger partial charge in [-0.15, -0.1) is 11.8 Å². The highest BCUT2D eigenvalue weighted by Gasteiger charge is 2.47. The van der Waals surface area contributed by atoms with Gasteiger partial charge in [-0.1, -0.05) is 29.3 Å². The molecule has 2 aliphatic rings. The van der Waals surface area contributed by atoms with Crippen LogP contribution >= 0.6 is 23.4 Å². The Hall–Kier alpha value is -2.18. The van der Waals surface area contributed by atoms with Crippen molar-refractivity contribution in [1.29, 1.82) is 0 Å². The largest absolute Gasteiger partial charge is 0.324 e. The summed E-state index contributed by atoms with van der Waals surface area (Å²) in [6, 6.07) is 14.8. The molecule has 0 radical (unpaired) electrons. The zero-order chi connectivity index (χ0) is 20.4. The molecule has 2 aromatic carbocycles. The summed E-state index contributed by atoms with van der Waals surface area (Å²) in [5, 5.41) is 3.56. The topological polar surface area (TPSA) is 52.7 Å². The normalized spacial score (nSPS) is 18.1. The van der Waals surface area contributed by atoms with Crippen molar-refractivity contribution in [3.8, 4) is 0 Å². The number of carbonyl (C=O) groups excluding carboxylic acids is 2. The van der Waals surface area contributed by atoms with E-state index in [1.807, 2.05) is 52.8 Å². The van der Waals surface area contributed by atoms with Crippen molar-refractivity contribution in [2.45, 2.75) is 24.6 Å². The lowest BCUT2D eigenvalue weighted by Gasteiger charge is -2.44. The second-order valence-electron chi connectivity index (χ2n) is 7.55. The molecular formula is C22H24ClN3O2S. The van der Waals surface area contributed by atoms with E-state index in [0.29, 0.717) is 18.1 Å².